The van der Waals surface area contributed by atoms with Crippen LogP contribution in [0.25, 0.3) is 0 Å². The third kappa shape index (κ3) is 1.25. The van der Waals surface area contributed by atoms with Crippen molar-refractivity contribution in [2.24, 2.45) is 5.73 Å². The molecular weight excluding hydrogens is 142 g/mol. The molecular formula is C6H15N5. The largest absolute Gasteiger partial charge is 0.330 e. The molecule has 2 aliphatic heterocycles. The quantitative estimate of drug-likeness (QED) is 0.385. The van der Waals surface area contributed by atoms with Crippen LogP contribution in [0.5, 0.6) is 0 Å². The molecule has 5 nitrogen and oxygen atoms in total. The fourth-order valence-corrected chi connectivity index (χ4v) is 1.68. The van der Waals surface area contributed by atoms with E-state index in [2.05, 4.69) is 21.3 Å². The zero-order valence-corrected chi connectivity index (χ0v) is 6.51. The first kappa shape index (κ1) is 7.45. The second-order valence-electron chi connectivity index (χ2n) is 3.00. The van der Waals surface area contributed by atoms with E-state index in [9.17, 15) is 0 Å². The molecule has 2 heterocycles. The van der Waals surface area contributed by atoms with Gasteiger partial charge in [0.2, 0.25) is 0 Å². The summed E-state index contributed by atoms with van der Waals surface area (Å²) in [5, 5.41) is 2.22. The first-order chi connectivity index (χ1) is 5.42. The van der Waals surface area contributed by atoms with Gasteiger partial charge in [0.05, 0.1) is 12.3 Å². The van der Waals surface area contributed by atoms with Crippen LogP contribution < -0.4 is 22.0 Å². The molecule has 0 saturated carbocycles. The average molecular weight is 157 g/mol. The van der Waals surface area contributed by atoms with Gasteiger partial charge in [-0.15, -0.1) is 0 Å². The normalized spacial score (nSPS) is 37.9. The molecule has 0 aromatic rings. The van der Waals surface area contributed by atoms with Crippen LogP contribution in [0.4, 0.5) is 0 Å². The number of fused-ring (bicyclic) bond motifs is 1. The van der Waals surface area contributed by atoms with Crippen molar-refractivity contribution in [3.05, 3.63) is 0 Å². The maximum Gasteiger partial charge on any atom is 0.0891 e. The Hall–Kier alpha value is -0.200. The van der Waals surface area contributed by atoms with Gasteiger partial charge in [-0.1, -0.05) is 0 Å². The van der Waals surface area contributed by atoms with E-state index in [4.69, 9.17) is 5.73 Å². The minimum absolute atomic E-state index is 0.368. The number of hydrazine groups is 2. The minimum Gasteiger partial charge on any atom is -0.330 e. The highest BCUT2D eigenvalue weighted by molar-refractivity contribution is 4.83. The summed E-state index contributed by atoms with van der Waals surface area (Å²) >= 11 is 0. The molecule has 64 valence electrons. The minimum atomic E-state index is 0.368. The van der Waals surface area contributed by atoms with Crippen molar-refractivity contribution < 1.29 is 0 Å². The maximum atomic E-state index is 5.47. The lowest BCUT2D eigenvalue weighted by molar-refractivity contribution is 0.160. The zero-order valence-electron chi connectivity index (χ0n) is 6.51. The van der Waals surface area contributed by atoms with Gasteiger partial charge in [-0.05, 0) is 19.4 Å². The molecule has 2 saturated heterocycles. The van der Waals surface area contributed by atoms with Crippen molar-refractivity contribution in [2.75, 3.05) is 13.1 Å². The number of nitrogens with zero attached hydrogens (tertiary/aromatic N) is 1. The second-order valence-corrected chi connectivity index (χ2v) is 3.00. The summed E-state index contributed by atoms with van der Waals surface area (Å²) < 4.78 is 0. The van der Waals surface area contributed by atoms with Crippen LogP contribution in [-0.2, 0) is 0 Å². The van der Waals surface area contributed by atoms with Gasteiger partial charge in [0.15, 0.2) is 0 Å². The highest BCUT2D eigenvalue weighted by atomic mass is 15.7. The first-order valence-corrected chi connectivity index (χ1v) is 4.15. The molecule has 5 N–H and O–H groups in total. The number of hydrogen-bond acceptors (Lipinski definition) is 5. The lowest BCUT2D eigenvalue weighted by Crippen LogP contribution is -2.44. The van der Waals surface area contributed by atoms with Gasteiger partial charge in [-0.25, -0.2) is 15.9 Å². The summed E-state index contributed by atoms with van der Waals surface area (Å²) in [6.07, 6.45) is 2.98. The Morgan fingerprint density at radius 2 is 2.36 bits per heavy atom. The van der Waals surface area contributed by atoms with Crippen LogP contribution in [0.15, 0.2) is 0 Å². The van der Waals surface area contributed by atoms with E-state index in [0.717, 1.165) is 25.9 Å². The highest BCUT2D eigenvalue weighted by Crippen LogP contribution is 2.14. The highest BCUT2D eigenvalue weighted by Gasteiger charge is 2.35. The van der Waals surface area contributed by atoms with Crippen molar-refractivity contribution in [1.29, 1.82) is 0 Å². The third-order valence-electron chi connectivity index (χ3n) is 2.24. The van der Waals surface area contributed by atoms with E-state index < -0.39 is 0 Å². The van der Waals surface area contributed by atoms with Gasteiger partial charge in [0, 0.05) is 6.54 Å². The van der Waals surface area contributed by atoms with Crippen molar-refractivity contribution in [3.8, 4) is 0 Å². The van der Waals surface area contributed by atoms with Gasteiger partial charge in [-0.2, -0.15) is 0 Å². The molecule has 5 heteroatoms. The SMILES string of the molecule is NCCC1NNC2CCNN12. The Kier molecular flexibility index (Phi) is 2.06. The monoisotopic (exact) mass is 157 g/mol. The third-order valence-corrected chi connectivity index (χ3v) is 2.24. The Bertz CT molecular complexity index is 137. The first-order valence-electron chi connectivity index (χ1n) is 4.15. The second kappa shape index (κ2) is 3.04. The number of nitrogens with two attached hydrogens (primary N) is 1. The zero-order chi connectivity index (χ0) is 7.68. The van der Waals surface area contributed by atoms with Crippen molar-refractivity contribution in [2.45, 2.75) is 25.2 Å². The molecule has 11 heavy (non-hydrogen) atoms. The molecule has 2 rings (SSSR count). The summed E-state index contributed by atoms with van der Waals surface area (Å²) in [5.74, 6) is 0. The lowest BCUT2D eigenvalue weighted by Gasteiger charge is -2.20. The molecule has 2 atom stereocenters. The fourth-order valence-electron chi connectivity index (χ4n) is 1.68. The van der Waals surface area contributed by atoms with E-state index in [1.54, 1.807) is 0 Å². The molecule has 0 spiro atoms. The van der Waals surface area contributed by atoms with Gasteiger partial charge in [-0.3, -0.25) is 5.43 Å². The van der Waals surface area contributed by atoms with E-state index >= 15 is 0 Å². The summed E-state index contributed by atoms with van der Waals surface area (Å²) in [7, 11) is 0. The van der Waals surface area contributed by atoms with E-state index in [-0.39, 0.29) is 0 Å². The molecule has 0 aliphatic carbocycles. The molecule has 2 aliphatic rings. The molecule has 2 fully saturated rings. The van der Waals surface area contributed by atoms with Gasteiger partial charge < -0.3 is 5.73 Å². The summed E-state index contributed by atoms with van der Waals surface area (Å²) in [5.41, 5.74) is 15.2. The van der Waals surface area contributed by atoms with Crippen molar-refractivity contribution in [1.82, 2.24) is 21.3 Å². The van der Waals surface area contributed by atoms with Crippen molar-refractivity contribution in [3.63, 3.8) is 0 Å². The molecule has 2 unspecified atom stereocenters. The lowest BCUT2D eigenvalue weighted by atomic mass is 10.3. The van der Waals surface area contributed by atoms with E-state index in [0.29, 0.717) is 12.3 Å². The predicted octanol–water partition coefficient (Wildman–Crippen LogP) is -1.69. The molecule has 0 bridgehead atoms. The standard InChI is InChI=1S/C6H15N5/c7-3-1-5-9-10-6-2-4-8-11(5)6/h5-6,8-10H,1-4,7H2. The van der Waals surface area contributed by atoms with Crippen LogP contribution >= 0.6 is 0 Å². The van der Waals surface area contributed by atoms with Crippen LogP contribution in [0, 0.1) is 0 Å². The fraction of sp³-hybridized carbons (Fsp3) is 1.00. The molecule has 0 amide bonds. The van der Waals surface area contributed by atoms with Crippen LogP contribution in [-0.4, -0.2) is 30.4 Å². The Labute approximate surface area is 66.2 Å². The smallest absolute Gasteiger partial charge is 0.0891 e. The van der Waals surface area contributed by atoms with Crippen molar-refractivity contribution >= 4 is 0 Å². The molecule has 0 radical (unpaired) electrons. The van der Waals surface area contributed by atoms with Crippen LogP contribution in [0.2, 0.25) is 0 Å². The summed E-state index contributed by atoms with van der Waals surface area (Å²) in [4.78, 5) is 0. The number of rotatable bonds is 2. The Morgan fingerprint density at radius 3 is 3.18 bits per heavy atom. The molecule has 0 aromatic heterocycles. The van der Waals surface area contributed by atoms with E-state index in [1.165, 1.54) is 0 Å². The van der Waals surface area contributed by atoms with Gasteiger partial charge >= 0.3 is 0 Å². The van der Waals surface area contributed by atoms with Crippen LogP contribution in [0.3, 0.4) is 0 Å². The topological polar surface area (TPSA) is 65.3 Å². The van der Waals surface area contributed by atoms with Crippen LogP contribution in [0.1, 0.15) is 12.8 Å². The number of nitrogens with one attached hydrogen (secondary N) is 3. The number of hydrogen-bond donors (Lipinski definition) is 4. The Balaban J connectivity index is 1.92. The van der Waals surface area contributed by atoms with Gasteiger partial charge in [0.25, 0.3) is 0 Å². The Morgan fingerprint density at radius 1 is 1.45 bits per heavy atom. The average Bonchev–Trinajstić information content (AvgIpc) is 2.53. The summed E-state index contributed by atoms with van der Waals surface area (Å²) in [6.45, 7) is 1.80. The van der Waals surface area contributed by atoms with E-state index in [1.807, 2.05) is 0 Å². The molecule has 0 aromatic carbocycles. The van der Waals surface area contributed by atoms with Gasteiger partial charge in [0.1, 0.15) is 0 Å². The maximum absolute atomic E-state index is 5.47. The summed E-state index contributed by atoms with van der Waals surface area (Å²) in [6, 6.07) is 0. The predicted molar refractivity (Wildman–Crippen MR) is 42.0 cm³/mol.